The van der Waals surface area contributed by atoms with E-state index in [1.165, 1.54) is 0 Å². The first-order valence-electron chi connectivity index (χ1n) is 5.44. The first-order valence-corrected chi connectivity index (χ1v) is 5.44. The average molecular weight is 221 g/mol. The quantitative estimate of drug-likeness (QED) is 0.784. The Hall–Kier alpha value is -1.42. The van der Waals surface area contributed by atoms with Crippen molar-refractivity contribution < 1.29 is 4.79 Å². The molecule has 1 heterocycles. The van der Waals surface area contributed by atoms with Crippen LogP contribution < -0.4 is 11.1 Å². The Morgan fingerprint density at radius 3 is 2.81 bits per heavy atom. The first kappa shape index (κ1) is 12.6. The predicted octanol–water partition coefficient (Wildman–Crippen LogP) is 1.19. The number of nitrogens with one attached hydrogen (secondary N) is 1. The smallest absolute Gasteiger partial charge is 0.269 e. The fourth-order valence-corrected chi connectivity index (χ4v) is 1.39. The van der Waals surface area contributed by atoms with Gasteiger partial charge in [0.25, 0.3) is 5.91 Å². The number of amides is 1. The van der Waals surface area contributed by atoms with Crippen LogP contribution in [-0.2, 0) is 0 Å². The summed E-state index contributed by atoms with van der Waals surface area (Å²) in [6.45, 7) is 5.41. The Labute approximate surface area is 96.3 Å². The van der Waals surface area contributed by atoms with Crippen LogP contribution in [0, 0.1) is 5.41 Å². The summed E-state index contributed by atoms with van der Waals surface area (Å²) < 4.78 is 0. The molecule has 0 aliphatic rings. The molecule has 1 aromatic heterocycles. The topological polar surface area (TPSA) is 68.0 Å². The van der Waals surface area contributed by atoms with Gasteiger partial charge in [0, 0.05) is 12.7 Å². The van der Waals surface area contributed by atoms with Crippen LogP contribution >= 0.6 is 0 Å². The van der Waals surface area contributed by atoms with E-state index in [0.717, 1.165) is 6.42 Å². The van der Waals surface area contributed by atoms with Crippen LogP contribution in [0.15, 0.2) is 24.4 Å². The van der Waals surface area contributed by atoms with E-state index in [1.54, 1.807) is 24.4 Å². The maximum absolute atomic E-state index is 11.7. The molecule has 0 radical (unpaired) electrons. The van der Waals surface area contributed by atoms with Crippen LogP contribution in [0.25, 0.3) is 0 Å². The largest absolute Gasteiger partial charge is 0.350 e. The molecular formula is C12H19N3O. The molecule has 4 heteroatoms. The van der Waals surface area contributed by atoms with Gasteiger partial charge in [-0.2, -0.15) is 0 Å². The molecule has 16 heavy (non-hydrogen) atoms. The molecule has 88 valence electrons. The Morgan fingerprint density at radius 2 is 2.25 bits per heavy atom. The van der Waals surface area contributed by atoms with Crippen molar-refractivity contribution in [1.29, 1.82) is 0 Å². The van der Waals surface area contributed by atoms with Gasteiger partial charge in [0.2, 0.25) is 0 Å². The van der Waals surface area contributed by atoms with Crippen molar-refractivity contribution in [2.24, 2.45) is 11.1 Å². The maximum Gasteiger partial charge on any atom is 0.269 e. The Balaban J connectivity index is 2.48. The highest BCUT2D eigenvalue weighted by molar-refractivity contribution is 5.92. The minimum Gasteiger partial charge on any atom is -0.350 e. The van der Waals surface area contributed by atoms with E-state index in [-0.39, 0.29) is 11.3 Å². The van der Waals surface area contributed by atoms with Gasteiger partial charge in [0.05, 0.1) is 0 Å². The maximum atomic E-state index is 11.7. The molecule has 0 aliphatic heterocycles. The zero-order chi connectivity index (χ0) is 12.0. The third kappa shape index (κ3) is 3.98. The van der Waals surface area contributed by atoms with E-state index >= 15 is 0 Å². The molecule has 0 unspecified atom stereocenters. The van der Waals surface area contributed by atoms with E-state index in [1.807, 2.05) is 0 Å². The van der Waals surface area contributed by atoms with Crippen LogP contribution in [-0.4, -0.2) is 24.0 Å². The summed E-state index contributed by atoms with van der Waals surface area (Å²) in [7, 11) is 0. The first-order chi connectivity index (χ1) is 7.55. The van der Waals surface area contributed by atoms with Gasteiger partial charge in [0.1, 0.15) is 5.69 Å². The summed E-state index contributed by atoms with van der Waals surface area (Å²) in [4.78, 5) is 15.7. The lowest BCUT2D eigenvalue weighted by Crippen LogP contribution is -2.35. The summed E-state index contributed by atoms with van der Waals surface area (Å²) in [6.07, 6.45) is 2.50. The Morgan fingerprint density at radius 1 is 1.50 bits per heavy atom. The summed E-state index contributed by atoms with van der Waals surface area (Å²) in [5.74, 6) is -0.134. The molecule has 0 saturated carbocycles. The number of aromatic nitrogens is 1. The highest BCUT2D eigenvalue weighted by Gasteiger charge is 2.18. The molecule has 0 aromatic carbocycles. The lowest BCUT2D eigenvalue weighted by molar-refractivity contribution is 0.0930. The van der Waals surface area contributed by atoms with Crippen LogP contribution in [0.4, 0.5) is 0 Å². The number of hydrogen-bond acceptors (Lipinski definition) is 3. The van der Waals surface area contributed by atoms with Crippen molar-refractivity contribution in [1.82, 2.24) is 10.3 Å². The highest BCUT2D eigenvalue weighted by Crippen LogP contribution is 2.17. The third-order valence-corrected chi connectivity index (χ3v) is 2.45. The SMILES string of the molecule is CC(C)(CCN)CNC(=O)c1ccccn1. The van der Waals surface area contributed by atoms with Crippen LogP contribution in [0.1, 0.15) is 30.8 Å². The summed E-state index contributed by atoms with van der Waals surface area (Å²) in [5.41, 5.74) is 5.98. The van der Waals surface area contributed by atoms with Crippen LogP contribution in [0.3, 0.4) is 0 Å². The molecule has 1 amide bonds. The normalized spacial score (nSPS) is 11.2. The van der Waals surface area contributed by atoms with Crippen molar-refractivity contribution >= 4 is 5.91 Å². The molecule has 3 N–H and O–H groups in total. The van der Waals surface area contributed by atoms with Gasteiger partial charge in [-0.25, -0.2) is 0 Å². The standard InChI is InChI=1S/C12H19N3O/c1-12(2,6-7-13)9-15-11(16)10-5-3-4-8-14-10/h3-5,8H,6-7,9,13H2,1-2H3,(H,15,16). The van der Waals surface area contributed by atoms with Gasteiger partial charge < -0.3 is 11.1 Å². The Bertz CT molecular complexity index is 335. The second-order valence-electron chi connectivity index (χ2n) is 4.60. The third-order valence-electron chi connectivity index (χ3n) is 2.45. The van der Waals surface area contributed by atoms with Crippen molar-refractivity contribution in [3.05, 3.63) is 30.1 Å². The zero-order valence-corrected chi connectivity index (χ0v) is 9.86. The number of rotatable bonds is 5. The molecule has 1 aromatic rings. The van der Waals surface area contributed by atoms with Crippen LogP contribution in [0.5, 0.6) is 0 Å². The summed E-state index contributed by atoms with van der Waals surface area (Å²) in [6, 6.07) is 5.29. The van der Waals surface area contributed by atoms with Gasteiger partial charge in [-0.1, -0.05) is 19.9 Å². The minimum atomic E-state index is -0.134. The van der Waals surface area contributed by atoms with Gasteiger partial charge in [-0.05, 0) is 30.5 Å². The molecule has 0 atom stereocenters. The molecular weight excluding hydrogens is 202 g/mol. The van der Waals surface area contributed by atoms with E-state index in [9.17, 15) is 4.79 Å². The van der Waals surface area contributed by atoms with E-state index in [0.29, 0.717) is 18.8 Å². The van der Waals surface area contributed by atoms with Crippen molar-refractivity contribution in [3.63, 3.8) is 0 Å². The van der Waals surface area contributed by atoms with E-state index in [2.05, 4.69) is 24.1 Å². The average Bonchev–Trinajstić information content (AvgIpc) is 2.27. The van der Waals surface area contributed by atoms with E-state index in [4.69, 9.17) is 5.73 Å². The summed E-state index contributed by atoms with van der Waals surface area (Å²) >= 11 is 0. The molecule has 1 rings (SSSR count). The van der Waals surface area contributed by atoms with Crippen molar-refractivity contribution in [2.45, 2.75) is 20.3 Å². The fourth-order valence-electron chi connectivity index (χ4n) is 1.39. The Kier molecular flexibility index (Phi) is 4.43. The zero-order valence-electron chi connectivity index (χ0n) is 9.86. The fraction of sp³-hybridized carbons (Fsp3) is 0.500. The number of nitrogens with two attached hydrogens (primary N) is 1. The number of carbonyl (C=O) groups excluding carboxylic acids is 1. The number of pyridine rings is 1. The monoisotopic (exact) mass is 221 g/mol. The molecule has 0 bridgehead atoms. The van der Waals surface area contributed by atoms with Crippen molar-refractivity contribution in [3.8, 4) is 0 Å². The number of nitrogens with zero attached hydrogens (tertiary/aromatic N) is 1. The van der Waals surface area contributed by atoms with Gasteiger partial charge >= 0.3 is 0 Å². The summed E-state index contributed by atoms with van der Waals surface area (Å²) in [5, 5.41) is 2.87. The van der Waals surface area contributed by atoms with Gasteiger partial charge in [-0.3, -0.25) is 9.78 Å². The minimum absolute atomic E-state index is 0.0270. The van der Waals surface area contributed by atoms with Gasteiger partial charge in [-0.15, -0.1) is 0 Å². The van der Waals surface area contributed by atoms with E-state index < -0.39 is 0 Å². The predicted molar refractivity (Wildman–Crippen MR) is 64.0 cm³/mol. The number of hydrogen-bond donors (Lipinski definition) is 2. The molecule has 0 spiro atoms. The second kappa shape index (κ2) is 5.61. The van der Waals surface area contributed by atoms with Crippen molar-refractivity contribution in [2.75, 3.05) is 13.1 Å². The number of carbonyl (C=O) groups is 1. The molecule has 0 aliphatic carbocycles. The molecule has 4 nitrogen and oxygen atoms in total. The second-order valence-corrected chi connectivity index (χ2v) is 4.60. The van der Waals surface area contributed by atoms with Crippen LogP contribution in [0.2, 0.25) is 0 Å². The molecule has 0 saturated heterocycles. The van der Waals surface area contributed by atoms with Gasteiger partial charge in [0.15, 0.2) is 0 Å². The molecule has 0 fully saturated rings. The highest BCUT2D eigenvalue weighted by atomic mass is 16.1. The lowest BCUT2D eigenvalue weighted by atomic mass is 9.89. The lowest BCUT2D eigenvalue weighted by Gasteiger charge is -2.23.